The van der Waals surface area contributed by atoms with E-state index >= 15 is 0 Å². The molecule has 1 amide bonds. The molecular weight excluding hydrogens is 328 g/mol. The first-order chi connectivity index (χ1) is 12.6. The smallest absolute Gasteiger partial charge is 0.339 e. The summed E-state index contributed by atoms with van der Waals surface area (Å²) in [5, 5.41) is 0. The number of hydrogen-bond donors (Lipinski definition) is 0. The summed E-state index contributed by atoms with van der Waals surface area (Å²) in [5.41, 5.74) is 1.48. The van der Waals surface area contributed by atoms with E-state index in [0.29, 0.717) is 25.1 Å². The Morgan fingerprint density at radius 1 is 0.962 bits per heavy atom. The molecule has 1 saturated heterocycles. The van der Waals surface area contributed by atoms with Crippen molar-refractivity contribution >= 4 is 17.6 Å². The van der Waals surface area contributed by atoms with Gasteiger partial charge in [-0.05, 0) is 30.7 Å². The Kier molecular flexibility index (Phi) is 4.15. The number of piperazine rings is 1. The molecular formula is C21H22N2O3. The van der Waals surface area contributed by atoms with Crippen LogP contribution in [0.3, 0.4) is 0 Å². The summed E-state index contributed by atoms with van der Waals surface area (Å²) in [6.45, 7) is 4.53. The van der Waals surface area contributed by atoms with Crippen LogP contribution in [-0.2, 0) is 16.0 Å². The molecule has 0 radical (unpaired) electrons. The van der Waals surface area contributed by atoms with Gasteiger partial charge in [0.05, 0.1) is 5.56 Å². The number of amides is 1. The maximum atomic E-state index is 13.1. The van der Waals surface area contributed by atoms with Gasteiger partial charge in [0, 0.05) is 38.3 Å². The van der Waals surface area contributed by atoms with Crippen molar-refractivity contribution in [3.8, 4) is 0 Å². The molecule has 2 aliphatic rings. The van der Waals surface area contributed by atoms with E-state index in [1.54, 1.807) is 13.0 Å². The monoisotopic (exact) mass is 350 g/mol. The van der Waals surface area contributed by atoms with Gasteiger partial charge in [-0.25, -0.2) is 4.79 Å². The van der Waals surface area contributed by atoms with Gasteiger partial charge in [0.2, 0.25) is 0 Å². The molecule has 1 fully saturated rings. The number of ether oxygens (including phenoxy) is 1. The van der Waals surface area contributed by atoms with Crippen LogP contribution in [0.2, 0.25) is 0 Å². The Bertz CT molecular complexity index is 828. The van der Waals surface area contributed by atoms with Crippen molar-refractivity contribution in [1.82, 2.24) is 4.90 Å². The Morgan fingerprint density at radius 3 is 2.35 bits per heavy atom. The first-order valence-corrected chi connectivity index (χ1v) is 8.97. The minimum atomic E-state index is -1.12. The molecule has 26 heavy (non-hydrogen) atoms. The molecule has 0 aliphatic carbocycles. The van der Waals surface area contributed by atoms with Gasteiger partial charge in [-0.3, -0.25) is 4.79 Å². The molecule has 4 rings (SSSR count). The van der Waals surface area contributed by atoms with Crippen molar-refractivity contribution < 1.29 is 14.3 Å². The molecule has 0 N–H and O–H groups in total. The van der Waals surface area contributed by atoms with Crippen LogP contribution in [0.15, 0.2) is 54.6 Å². The van der Waals surface area contributed by atoms with Crippen molar-refractivity contribution in [2.75, 3.05) is 31.1 Å². The molecule has 0 spiro atoms. The van der Waals surface area contributed by atoms with Gasteiger partial charge < -0.3 is 14.5 Å². The molecule has 2 aromatic carbocycles. The highest BCUT2D eigenvalue weighted by molar-refractivity contribution is 5.97. The zero-order valence-electron chi connectivity index (χ0n) is 14.9. The van der Waals surface area contributed by atoms with E-state index in [1.807, 2.05) is 41.3 Å². The second-order valence-electron chi connectivity index (χ2n) is 7.07. The van der Waals surface area contributed by atoms with Gasteiger partial charge >= 0.3 is 5.97 Å². The third-order valence-corrected chi connectivity index (χ3v) is 5.22. The second-order valence-corrected chi connectivity index (χ2v) is 7.07. The first-order valence-electron chi connectivity index (χ1n) is 8.97. The maximum Gasteiger partial charge on any atom is 0.339 e. The van der Waals surface area contributed by atoms with Crippen LogP contribution in [0, 0.1) is 0 Å². The fourth-order valence-corrected chi connectivity index (χ4v) is 3.79. The Labute approximate surface area is 153 Å². The number of benzene rings is 2. The molecule has 0 aromatic heterocycles. The van der Waals surface area contributed by atoms with Gasteiger partial charge in [-0.2, -0.15) is 0 Å². The Balaban J connectivity index is 1.46. The van der Waals surface area contributed by atoms with Crippen LogP contribution in [0.5, 0.6) is 0 Å². The van der Waals surface area contributed by atoms with E-state index in [1.165, 1.54) is 5.69 Å². The molecule has 134 valence electrons. The lowest BCUT2D eigenvalue weighted by Crippen LogP contribution is -2.58. The Morgan fingerprint density at radius 2 is 1.62 bits per heavy atom. The number of hydrogen-bond acceptors (Lipinski definition) is 4. The molecule has 1 atom stereocenters. The number of para-hydroxylation sites is 1. The van der Waals surface area contributed by atoms with E-state index in [2.05, 4.69) is 17.0 Å². The topological polar surface area (TPSA) is 49.9 Å². The quantitative estimate of drug-likeness (QED) is 0.781. The largest absolute Gasteiger partial charge is 0.445 e. The SMILES string of the molecule is CC1(C(=O)N2CCN(c3ccccc3)CC2)Cc2ccccc2C(=O)O1. The molecule has 2 aromatic rings. The van der Waals surface area contributed by atoms with Crippen LogP contribution < -0.4 is 4.90 Å². The number of fused-ring (bicyclic) bond motifs is 1. The summed E-state index contributed by atoms with van der Waals surface area (Å²) >= 11 is 0. The van der Waals surface area contributed by atoms with Crippen LogP contribution in [-0.4, -0.2) is 48.6 Å². The maximum absolute atomic E-state index is 13.1. The molecule has 5 nitrogen and oxygen atoms in total. The zero-order chi connectivity index (χ0) is 18.1. The second kappa shape index (κ2) is 6.48. The van der Waals surface area contributed by atoms with Gasteiger partial charge in [-0.1, -0.05) is 36.4 Å². The highest BCUT2D eigenvalue weighted by atomic mass is 16.6. The summed E-state index contributed by atoms with van der Waals surface area (Å²) < 4.78 is 5.58. The lowest BCUT2D eigenvalue weighted by atomic mass is 9.88. The fraction of sp³-hybridized carbons (Fsp3) is 0.333. The molecule has 2 heterocycles. The van der Waals surface area contributed by atoms with Crippen molar-refractivity contribution in [3.63, 3.8) is 0 Å². The summed E-state index contributed by atoms with van der Waals surface area (Å²) in [5.74, 6) is -0.515. The third-order valence-electron chi connectivity index (χ3n) is 5.22. The highest BCUT2D eigenvalue weighted by Gasteiger charge is 2.45. The van der Waals surface area contributed by atoms with E-state index in [0.717, 1.165) is 18.7 Å². The van der Waals surface area contributed by atoms with Gasteiger partial charge in [0.25, 0.3) is 5.91 Å². The number of anilines is 1. The number of cyclic esters (lactones) is 1. The molecule has 0 saturated carbocycles. The normalized spacial score (nSPS) is 22.6. The summed E-state index contributed by atoms with van der Waals surface area (Å²) in [4.78, 5) is 29.5. The Hall–Kier alpha value is -2.82. The minimum Gasteiger partial charge on any atom is -0.445 e. The fourth-order valence-electron chi connectivity index (χ4n) is 3.79. The summed E-state index contributed by atoms with van der Waals surface area (Å²) in [6, 6.07) is 17.6. The standard InChI is InChI=1S/C21H22N2O3/c1-21(15-16-7-5-6-10-18(16)19(24)26-21)20(25)23-13-11-22(12-14-23)17-8-3-2-4-9-17/h2-10H,11-15H2,1H3. The minimum absolute atomic E-state index is 0.104. The van der Waals surface area contributed by atoms with Gasteiger partial charge in [0.1, 0.15) is 0 Å². The van der Waals surface area contributed by atoms with Crippen LogP contribution in [0.1, 0.15) is 22.8 Å². The molecule has 2 aliphatic heterocycles. The summed E-state index contributed by atoms with van der Waals surface area (Å²) in [7, 11) is 0. The number of nitrogens with zero attached hydrogens (tertiary/aromatic N) is 2. The number of carbonyl (C=O) groups is 2. The molecule has 1 unspecified atom stereocenters. The van der Waals surface area contributed by atoms with Gasteiger partial charge in [0.15, 0.2) is 5.60 Å². The van der Waals surface area contributed by atoms with Gasteiger partial charge in [-0.15, -0.1) is 0 Å². The lowest BCUT2D eigenvalue weighted by Gasteiger charge is -2.41. The highest BCUT2D eigenvalue weighted by Crippen LogP contribution is 2.30. The van der Waals surface area contributed by atoms with Crippen molar-refractivity contribution in [1.29, 1.82) is 0 Å². The average molecular weight is 350 g/mol. The first kappa shape index (κ1) is 16.6. The van der Waals surface area contributed by atoms with Crippen LogP contribution >= 0.6 is 0 Å². The predicted molar refractivity (Wildman–Crippen MR) is 99.2 cm³/mol. The molecule has 5 heteroatoms. The van der Waals surface area contributed by atoms with E-state index in [4.69, 9.17) is 4.74 Å². The summed E-state index contributed by atoms with van der Waals surface area (Å²) in [6.07, 6.45) is 0.423. The molecule has 0 bridgehead atoms. The number of esters is 1. The van der Waals surface area contributed by atoms with Crippen molar-refractivity contribution in [2.24, 2.45) is 0 Å². The van der Waals surface area contributed by atoms with Crippen LogP contribution in [0.4, 0.5) is 5.69 Å². The zero-order valence-corrected chi connectivity index (χ0v) is 14.9. The third kappa shape index (κ3) is 2.94. The van der Waals surface area contributed by atoms with E-state index in [-0.39, 0.29) is 5.91 Å². The number of rotatable bonds is 2. The van der Waals surface area contributed by atoms with E-state index < -0.39 is 11.6 Å². The average Bonchev–Trinajstić information content (AvgIpc) is 2.68. The number of carbonyl (C=O) groups excluding carboxylic acids is 2. The van der Waals surface area contributed by atoms with E-state index in [9.17, 15) is 9.59 Å². The predicted octanol–water partition coefficient (Wildman–Crippen LogP) is 2.51. The van der Waals surface area contributed by atoms with Crippen LogP contribution in [0.25, 0.3) is 0 Å². The lowest BCUT2D eigenvalue weighted by molar-refractivity contribution is -0.151. The van der Waals surface area contributed by atoms with Crippen molar-refractivity contribution in [3.05, 3.63) is 65.7 Å². The van der Waals surface area contributed by atoms with Crippen molar-refractivity contribution in [2.45, 2.75) is 18.9 Å².